The van der Waals surface area contributed by atoms with Gasteiger partial charge in [0.15, 0.2) is 6.29 Å². The Hall–Kier alpha value is -3.41. The summed E-state index contributed by atoms with van der Waals surface area (Å²) in [6.07, 6.45) is -1.75. The maximum atomic E-state index is 12.9. The molecule has 2 aliphatic heterocycles. The van der Waals surface area contributed by atoms with Crippen LogP contribution in [0.25, 0.3) is 0 Å². The number of nitro benzene ring substituents is 1. The largest absolute Gasteiger partial charge is 0.353 e. The van der Waals surface area contributed by atoms with E-state index in [1.54, 1.807) is 18.2 Å². The molecule has 2 aromatic rings. The number of anilines is 2. The summed E-state index contributed by atoms with van der Waals surface area (Å²) in [7, 11) is 0. The molecule has 2 aliphatic rings. The predicted octanol–water partition coefficient (Wildman–Crippen LogP) is 2.03. The van der Waals surface area contributed by atoms with E-state index < -0.39 is 46.9 Å². The highest BCUT2D eigenvalue weighted by molar-refractivity contribution is 6.35. The monoisotopic (exact) mass is 492 g/mol. The number of carbonyl (C=O) groups excluding carboxylic acids is 3. The molecule has 4 atom stereocenters. The number of halogens is 2. The van der Waals surface area contributed by atoms with Crippen molar-refractivity contribution in [2.75, 3.05) is 10.6 Å². The van der Waals surface area contributed by atoms with Crippen LogP contribution in [-0.2, 0) is 14.4 Å². The van der Waals surface area contributed by atoms with Crippen LogP contribution in [0.2, 0.25) is 10.0 Å². The average molecular weight is 493 g/mol. The second-order valence-electron chi connectivity index (χ2n) is 7.59. The van der Waals surface area contributed by atoms with Gasteiger partial charge in [-0.3, -0.25) is 29.8 Å². The minimum Gasteiger partial charge on any atom is -0.353 e. The molecule has 4 rings (SSSR count). The number of non-ortho nitro benzene ring substituents is 1. The first kappa shape index (κ1) is 22.8. The van der Waals surface area contributed by atoms with Crippen LogP contribution in [0.3, 0.4) is 0 Å². The Morgan fingerprint density at radius 1 is 1.03 bits per heavy atom. The van der Waals surface area contributed by atoms with E-state index in [1.165, 1.54) is 24.3 Å². The van der Waals surface area contributed by atoms with Gasteiger partial charge in [0.1, 0.15) is 0 Å². The van der Waals surface area contributed by atoms with Crippen LogP contribution in [0.4, 0.5) is 17.1 Å². The summed E-state index contributed by atoms with van der Waals surface area (Å²) in [5.41, 5.74) is 0.730. The number of amides is 3. The highest BCUT2D eigenvalue weighted by atomic mass is 35.5. The second-order valence-corrected chi connectivity index (χ2v) is 8.46. The van der Waals surface area contributed by atoms with Crippen LogP contribution in [-0.4, -0.2) is 35.1 Å². The average Bonchev–Trinajstić information content (AvgIpc) is 2.72. The van der Waals surface area contributed by atoms with Gasteiger partial charge in [0.2, 0.25) is 17.7 Å². The van der Waals surface area contributed by atoms with Crippen molar-refractivity contribution in [1.82, 2.24) is 16.0 Å². The molecule has 0 spiro atoms. The normalized spacial score (nSPS) is 24.2. The van der Waals surface area contributed by atoms with Gasteiger partial charge in [0, 0.05) is 40.0 Å². The molecule has 33 heavy (non-hydrogen) atoms. The summed E-state index contributed by atoms with van der Waals surface area (Å²) in [6.45, 7) is 0. The third kappa shape index (κ3) is 5.16. The van der Waals surface area contributed by atoms with Crippen LogP contribution >= 0.6 is 23.2 Å². The van der Waals surface area contributed by atoms with Gasteiger partial charge in [-0.2, -0.15) is 0 Å². The van der Waals surface area contributed by atoms with Crippen LogP contribution < -0.4 is 26.6 Å². The highest BCUT2D eigenvalue weighted by Crippen LogP contribution is 2.29. The topological polar surface area (TPSA) is 154 Å². The first-order valence-electron chi connectivity index (χ1n) is 9.83. The molecule has 172 valence electrons. The van der Waals surface area contributed by atoms with E-state index in [4.69, 9.17) is 23.2 Å². The summed E-state index contributed by atoms with van der Waals surface area (Å²) in [6, 6.07) is 10.1. The van der Waals surface area contributed by atoms with E-state index in [0.717, 1.165) is 0 Å². The van der Waals surface area contributed by atoms with Crippen molar-refractivity contribution < 1.29 is 19.3 Å². The Bertz CT molecular complexity index is 1110. The molecule has 4 unspecified atom stereocenters. The van der Waals surface area contributed by atoms with Crippen molar-refractivity contribution >= 4 is 58.0 Å². The van der Waals surface area contributed by atoms with Gasteiger partial charge in [0.25, 0.3) is 5.69 Å². The van der Waals surface area contributed by atoms with E-state index in [2.05, 4.69) is 26.6 Å². The fourth-order valence-electron chi connectivity index (χ4n) is 3.86. The van der Waals surface area contributed by atoms with E-state index in [0.29, 0.717) is 21.4 Å². The first-order valence-corrected chi connectivity index (χ1v) is 10.6. The lowest BCUT2D eigenvalue weighted by atomic mass is 9.81. The summed E-state index contributed by atoms with van der Waals surface area (Å²) in [5.74, 6) is -3.20. The number of piperidine rings is 1. The lowest BCUT2D eigenvalue weighted by Gasteiger charge is -2.43. The molecule has 2 fully saturated rings. The van der Waals surface area contributed by atoms with Gasteiger partial charge in [0.05, 0.1) is 22.9 Å². The molecular formula is C20H18Cl2N6O5. The third-order valence-corrected chi connectivity index (χ3v) is 5.74. The number of rotatable bonds is 5. The van der Waals surface area contributed by atoms with Crippen molar-refractivity contribution in [2.45, 2.75) is 18.9 Å². The molecule has 0 aliphatic carbocycles. The number of benzene rings is 2. The lowest BCUT2D eigenvalue weighted by Crippen LogP contribution is -2.72. The van der Waals surface area contributed by atoms with Gasteiger partial charge in [-0.1, -0.05) is 23.2 Å². The van der Waals surface area contributed by atoms with Crippen molar-refractivity contribution in [3.8, 4) is 0 Å². The van der Waals surface area contributed by atoms with Gasteiger partial charge in [-0.15, -0.1) is 0 Å². The smallest absolute Gasteiger partial charge is 0.269 e. The number of nitro groups is 1. The number of carbonyl (C=O) groups is 3. The molecule has 0 bridgehead atoms. The van der Waals surface area contributed by atoms with Gasteiger partial charge in [-0.25, -0.2) is 0 Å². The number of fused-ring (bicyclic) bond motifs is 1. The highest BCUT2D eigenvalue weighted by Gasteiger charge is 2.48. The fourth-order valence-corrected chi connectivity index (χ4v) is 4.39. The summed E-state index contributed by atoms with van der Waals surface area (Å²) in [5, 5.41) is 25.7. The Morgan fingerprint density at radius 2 is 1.70 bits per heavy atom. The van der Waals surface area contributed by atoms with Crippen molar-refractivity contribution in [1.29, 1.82) is 0 Å². The molecule has 5 N–H and O–H groups in total. The number of nitrogens with zero attached hydrogens (tertiary/aromatic N) is 1. The molecule has 2 heterocycles. The SMILES string of the molecule is O=C1CC(C(=O)Nc2ccc([N+](=O)[O-])cc2)C2C(=O)NC(Nc3cc(Cl)cc(Cl)c3)NC2N1. The zero-order valence-electron chi connectivity index (χ0n) is 16.8. The molecule has 11 nitrogen and oxygen atoms in total. The minimum atomic E-state index is -0.951. The van der Waals surface area contributed by atoms with E-state index in [9.17, 15) is 24.5 Å². The van der Waals surface area contributed by atoms with Gasteiger partial charge in [-0.05, 0) is 30.3 Å². The molecule has 13 heteroatoms. The van der Waals surface area contributed by atoms with Crippen molar-refractivity contribution in [3.63, 3.8) is 0 Å². The number of hydrogen-bond donors (Lipinski definition) is 5. The molecule has 0 radical (unpaired) electrons. The molecular weight excluding hydrogens is 475 g/mol. The number of nitrogens with one attached hydrogen (secondary N) is 5. The number of hydrogen-bond acceptors (Lipinski definition) is 7. The summed E-state index contributed by atoms with van der Waals surface area (Å²) >= 11 is 12.0. The molecule has 2 saturated heterocycles. The van der Waals surface area contributed by atoms with Crippen LogP contribution in [0.1, 0.15) is 6.42 Å². The summed E-state index contributed by atoms with van der Waals surface area (Å²) < 4.78 is 0. The molecule has 3 amide bonds. The Morgan fingerprint density at radius 3 is 2.33 bits per heavy atom. The van der Waals surface area contributed by atoms with Crippen LogP contribution in [0, 0.1) is 22.0 Å². The Balaban J connectivity index is 1.47. The zero-order valence-corrected chi connectivity index (χ0v) is 18.3. The van der Waals surface area contributed by atoms with E-state index in [1.807, 2.05) is 0 Å². The predicted molar refractivity (Wildman–Crippen MR) is 120 cm³/mol. The standard InChI is InChI=1S/C20H18Cl2N6O5/c21-9-5-10(22)7-12(6-9)24-20-26-17-16(19(31)27-20)14(8-15(29)25-17)18(30)23-11-1-3-13(4-2-11)28(32)33/h1-7,14,16-17,20,24,26H,8H2,(H,23,30)(H,25,29)(H,27,31). The van der Waals surface area contributed by atoms with E-state index in [-0.39, 0.29) is 12.1 Å². The summed E-state index contributed by atoms with van der Waals surface area (Å²) in [4.78, 5) is 48.3. The quantitative estimate of drug-likeness (QED) is 0.315. The Kier molecular flexibility index (Phi) is 6.36. The van der Waals surface area contributed by atoms with E-state index >= 15 is 0 Å². The van der Waals surface area contributed by atoms with Crippen molar-refractivity contribution in [3.05, 3.63) is 62.6 Å². The molecule has 0 aromatic heterocycles. The van der Waals surface area contributed by atoms with Crippen molar-refractivity contribution in [2.24, 2.45) is 11.8 Å². The molecule has 0 saturated carbocycles. The van der Waals surface area contributed by atoms with Gasteiger partial charge < -0.3 is 21.3 Å². The maximum Gasteiger partial charge on any atom is 0.269 e. The molecule has 2 aromatic carbocycles. The Labute approximate surface area is 197 Å². The second kappa shape index (κ2) is 9.22. The minimum absolute atomic E-state index is 0.125. The fraction of sp³-hybridized carbons (Fsp3) is 0.250. The zero-order chi connectivity index (χ0) is 23.7. The third-order valence-electron chi connectivity index (χ3n) is 5.31. The lowest BCUT2D eigenvalue weighted by molar-refractivity contribution is -0.384. The van der Waals surface area contributed by atoms with Gasteiger partial charge >= 0.3 is 0 Å². The van der Waals surface area contributed by atoms with Crippen LogP contribution in [0.5, 0.6) is 0 Å². The first-order chi connectivity index (χ1) is 15.7. The maximum absolute atomic E-state index is 12.9. The van der Waals surface area contributed by atoms with Crippen LogP contribution in [0.15, 0.2) is 42.5 Å².